The number of fused-ring (bicyclic) bond motifs is 1. The first kappa shape index (κ1) is 39.0. The normalized spacial score (nSPS) is 16.6. The molecule has 0 bridgehead atoms. The van der Waals surface area contributed by atoms with Gasteiger partial charge in [0.2, 0.25) is 5.95 Å². The van der Waals surface area contributed by atoms with Gasteiger partial charge in [0.05, 0.1) is 19.3 Å². The predicted molar refractivity (Wildman–Crippen MR) is 227 cm³/mol. The Bertz CT molecular complexity index is 2010. The van der Waals surface area contributed by atoms with E-state index in [1.807, 2.05) is 11.6 Å². The van der Waals surface area contributed by atoms with Gasteiger partial charge < -0.3 is 30.4 Å². The molecule has 0 amide bonds. The van der Waals surface area contributed by atoms with Crippen LogP contribution >= 0.6 is 0 Å². The minimum absolute atomic E-state index is 0.0937. The molecule has 10 nitrogen and oxygen atoms in total. The first-order chi connectivity index (χ1) is 26.4. The highest BCUT2D eigenvalue weighted by molar-refractivity contribution is 6.99. The maximum atomic E-state index is 7.30. The summed E-state index contributed by atoms with van der Waals surface area (Å²) in [7, 11) is 1.29. The summed E-state index contributed by atoms with van der Waals surface area (Å²) in [6.45, 7) is 15.6. The molecule has 1 unspecified atom stereocenters. The van der Waals surface area contributed by atoms with Crippen molar-refractivity contribution in [2.24, 2.45) is 5.41 Å². The van der Waals surface area contributed by atoms with Gasteiger partial charge in [0.1, 0.15) is 16.8 Å². The van der Waals surface area contributed by atoms with Gasteiger partial charge >= 0.3 is 0 Å². The van der Waals surface area contributed by atoms with Crippen molar-refractivity contribution in [1.29, 1.82) is 0 Å². The zero-order chi connectivity index (χ0) is 38.8. The lowest BCUT2D eigenvalue weighted by molar-refractivity contribution is -0.0651. The molecule has 1 saturated heterocycles. The smallest absolute Gasteiger partial charge is 0.261 e. The molecule has 1 aliphatic carbocycles. The molecule has 4 N–H and O–H groups in total. The molecule has 2 aromatic heterocycles. The lowest BCUT2D eigenvalue weighted by Crippen LogP contribution is -2.66. The molecule has 292 valence electrons. The molecule has 0 radical (unpaired) electrons. The van der Waals surface area contributed by atoms with Crippen LogP contribution in [0.2, 0.25) is 5.04 Å². The van der Waals surface area contributed by atoms with Gasteiger partial charge in [-0.05, 0) is 72.1 Å². The van der Waals surface area contributed by atoms with Crippen LogP contribution in [0.15, 0.2) is 78.9 Å². The summed E-state index contributed by atoms with van der Waals surface area (Å²) in [6.07, 6.45) is 5.31. The summed E-state index contributed by atoms with van der Waals surface area (Å²) in [5.74, 6) is 1.77. The second-order valence-electron chi connectivity index (χ2n) is 17.1. The molecule has 1 saturated carbocycles. The van der Waals surface area contributed by atoms with Crippen molar-refractivity contribution >= 4 is 41.5 Å². The molecule has 1 spiro atoms. The van der Waals surface area contributed by atoms with Crippen LogP contribution in [0.25, 0.3) is 11.0 Å². The number of aryl methyl sites for hydroxylation is 1. The van der Waals surface area contributed by atoms with E-state index < -0.39 is 8.32 Å². The van der Waals surface area contributed by atoms with Gasteiger partial charge in [-0.2, -0.15) is 10.1 Å². The molecule has 55 heavy (non-hydrogen) atoms. The Hall–Kier alpha value is -4.29. The number of hydrogen-bond donors (Lipinski definition) is 3. The van der Waals surface area contributed by atoms with Gasteiger partial charge in [0.25, 0.3) is 8.32 Å². The molecule has 3 heterocycles. The van der Waals surface area contributed by atoms with Crippen molar-refractivity contribution in [3.05, 3.63) is 95.7 Å². The van der Waals surface area contributed by atoms with Gasteiger partial charge in [0, 0.05) is 43.9 Å². The van der Waals surface area contributed by atoms with Crippen molar-refractivity contribution in [1.82, 2.24) is 30.0 Å². The van der Waals surface area contributed by atoms with E-state index in [4.69, 9.17) is 25.0 Å². The molecule has 5 aromatic rings. The van der Waals surface area contributed by atoms with Crippen LogP contribution in [-0.4, -0.2) is 78.9 Å². The Balaban J connectivity index is 1.10. The Morgan fingerprint density at radius 3 is 2.24 bits per heavy atom. The third kappa shape index (κ3) is 8.03. The molecule has 1 atom stereocenters. The Labute approximate surface area is 328 Å². The monoisotopic (exact) mass is 760 g/mol. The predicted octanol–water partition coefficient (Wildman–Crippen LogP) is 6.50. The second-order valence-corrected chi connectivity index (χ2v) is 21.4. The van der Waals surface area contributed by atoms with Crippen molar-refractivity contribution in [2.45, 2.75) is 96.9 Å². The van der Waals surface area contributed by atoms with E-state index in [0.29, 0.717) is 30.4 Å². The Kier molecular flexibility index (Phi) is 11.4. The number of ether oxygens (including phenoxy) is 1. The molecule has 7 rings (SSSR count). The summed E-state index contributed by atoms with van der Waals surface area (Å²) in [6, 6.07) is 28.9. The highest BCUT2D eigenvalue weighted by Crippen LogP contribution is 2.47. The van der Waals surface area contributed by atoms with Crippen molar-refractivity contribution in [3.63, 3.8) is 0 Å². The van der Waals surface area contributed by atoms with Crippen LogP contribution in [0.3, 0.4) is 0 Å². The largest absolute Gasteiger partial charge is 0.496 e. The van der Waals surface area contributed by atoms with Crippen LogP contribution in [0.4, 0.5) is 11.8 Å². The SMILES string of the molecule is CCCC(CCO[Si](c1ccccc1)(c1ccccc1)C(C)(C)C)Nc1nc(N)nc2c(C)nn(Cc3ccc(CNC4CC5(C4)CN(C)C5)cc3OC)c12. The molecule has 11 heteroatoms. The fraction of sp³-hybridized carbons (Fsp3) is 0.477. The summed E-state index contributed by atoms with van der Waals surface area (Å²) in [5, 5.41) is 15.0. The fourth-order valence-electron chi connectivity index (χ4n) is 9.35. The number of nitrogens with zero attached hydrogens (tertiary/aromatic N) is 5. The summed E-state index contributed by atoms with van der Waals surface area (Å²) < 4.78 is 15.2. The third-order valence-electron chi connectivity index (χ3n) is 11.8. The van der Waals surface area contributed by atoms with E-state index in [1.165, 1.54) is 41.9 Å². The Morgan fingerprint density at radius 2 is 1.64 bits per heavy atom. The van der Waals surface area contributed by atoms with Crippen LogP contribution < -0.4 is 31.5 Å². The molecular formula is C44H60N8O2Si. The zero-order valence-electron chi connectivity index (χ0n) is 33.9. The number of likely N-dealkylation sites (tertiary alicyclic amines) is 1. The zero-order valence-corrected chi connectivity index (χ0v) is 34.9. The van der Waals surface area contributed by atoms with Crippen molar-refractivity contribution in [3.8, 4) is 5.75 Å². The highest BCUT2D eigenvalue weighted by Gasteiger charge is 2.51. The van der Waals surface area contributed by atoms with E-state index in [9.17, 15) is 0 Å². The van der Waals surface area contributed by atoms with Crippen LogP contribution in [0.5, 0.6) is 5.75 Å². The number of methoxy groups -OCH3 is 1. The van der Waals surface area contributed by atoms with Gasteiger partial charge in [-0.15, -0.1) is 0 Å². The first-order valence-electron chi connectivity index (χ1n) is 20.0. The molecule has 2 aliphatic rings. The highest BCUT2D eigenvalue weighted by atomic mass is 28.4. The topological polar surface area (TPSA) is 115 Å². The summed E-state index contributed by atoms with van der Waals surface area (Å²) >= 11 is 0. The number of anilines is 2. The summed E-state index contributed by atoms with van der Waals surface area (Å²) in [4.78, 5) is 11.9. The average Bonchev–Trinajstić information content (AvgIpc) is 3.45. The number of nitrogens with one attached hydrogen (secondary N) is 2. The molecule has 2 fully saturated rings. The molecule has 1 aliphatic heterocycles. The van der Waals surface area contributed by atoms with Crippen molar-refractivity contribution < 1.29 is 9.16 Å². The van der Waals surface area contributed by atoms with E-state index in [-0.39, 0.29) is 17.0 Å². The lowest BCUT2D eigenvalue weighted by Gasteiger charge is -2.58. The second kappa shape index (κ2) is 16.1. The number of benzene rings is 3. The number of nitrogens with two attached hydrogens (primary N) is 1. The summed E-state index contributed by atoms with van der Waals surface area (Å²) in [5.41, 5.74) is 11.6. The van der Waals surface area contributed by atoms with Gasteiger partial charge in [-0.1, -0.05) is 107 Å². The maximum Gasteiger partial charge on any atom is 0.261 e. The fourth-order valence-corrected chi connectivity index (χ4v) is 13.9. The van der Waals surface area contributed by atoms with E-state index in [2.05, 4.69) is 134 Å². The standard InChI is InChI=1S/C44H60N8O2Si/c1-8-15-34(22-23-54-55(43(3,4)5,36-16-11-9-12-17-36)37-18-13-10-14-19-37)47-41-40-39(48-42(45)49-41)31(2)50-52(40)28-33-21-20-32(24-38(33)53-7)27-46-35-25-44(26-35)29-51(6)30-44/h9-14,16-21,24,34-35,46H,8,15,22-23,25-30H2,1-7H3,(H3,45,47,48,49). The van der Waals surface area contributed by atoms with Gasteiger partial charge in [0.15, 0.2) is 5.82 Å². The maximum absolute atomic E-state index is 7.30. The van der Waals surface area contributed by atoms with Crippen LogP contribution in [0, 0.1) is 12.3 Å². The minimum atomic E-state index is -2.67. The number of hydrogen-bond acceptors (Lipinski definition) is 9. The van der Waals surface area contributed by atoms with Crippen molar-refractivity contribution in [2.75, 3.05) is 44.9 Å². The Morgan fingerprint density at radius 1 is 0.964 bits per heavy atom. The number of rotatable bonds is 16. The third-order valence-corrected chi connectivity index (χ3v) is 16.8. The minimum Gasteiger partial charge on any atom is -0.496 e. The van der Waals surface area contributed by atoms with Gasteiger partial charge in [-0.25, -0.2) is 4.98 Å². The van der Waals surface area contributed by atoms with E-state index >= 15 is 0 Å². The first-order valence-corrected chi connectivity index (χ1v) is 21.9. The van der Waals surface area contributed by atoms with E-state index in [1.54, 1.807) is 7.11 Å². The molecular weight excluding hydrogens is 701 g/mol. The number of nitrogen functional groups attached to an aromatic ring is 1. The number of aromatic nitrogens is 4. The quantitative estimate of drug-likeness (QED) is 0.0970. The van der Waals surface area contributed by atoms with Crippen LogP contribution in [0.1, 0.15) is 76.6 Å². The van der Waals surface area contributed by atoms with Gasteiger partial charge in [-0.3, -0.25) is 4.68 Å². The van der Waals surface area contributed by atoms with Crippen LogP contribution in [-0.2, 0) is 17.5 Å². The average molecular weight is 761 g/mol. The lowest BCUT2D eigenvalue weighted by atomic mass is 9.61. The van der Waals surface area contributed by atoms with E-state index in [0.717, 1.165) is 53.8 Å². The molecule has 3 aromatic carbocycles.